The first-order valence-electron chi connectivity index (χ1n) is 5.90. The van der Waals surface area contributed by atoms with Crippen LogP contribution in [0, 0.1) is 6.92 Å². The van der Waals surface area contributed by atoms with Crippen molar-refractivity contribution in [3.63, 3.8) is 0 Å². The van der Waals surface area contributed by atoms with Gasteiger partial charge in [-0.1, -0.05) is 0 Å². The lowest BCUT2D eigenvalue weighted by Crippen LogP contribution is -2.57. The average molecular weight is 237 g/mol. The van der Waals surface area contributed by atoms with E-state index in [1.54, 1.807) is 6.20 Å². The molecule has 1 unspecified atom stereocenters. The Morgan fingerprint density at radius 1 is 1.65 bits per heavy atom. The Hall–Kier alpha value is -1.40. The number of aryl methyl sites for hydroxylation is 1. The molecule has 1 fully saturated rings. The van der Waals surface area contributed by atoms with Crippen molar-refractivity contribution in [3.8, 4) is 0 Å². The van der Waals surface area contributed by atoms with Crippen LogP contribution in [0.3, 0.4) is 0 Å². The molecule has 0 bridgehead atoms. The second kappa shape index (κ2) is 5.29. The van der Waals surface area contributed by atoms with Gasteiger partial charge in [0.15, 0.2) is 0 Å². The van der Waals surface area contributed by atoms with E-state index in [0.29, 0.717) is 6.54 Å². The average Bonchev–Trinajstić information content (AvgIpc) is 2.72. The van der Waals surface area contributed by atoms with Gasteiger partial charge < -0.3 is 15.6 Å². The molecule has 2 heterocycles. The van der Waals surface area contributed by atoms with Gasteiger partial charge in [0.05, 0.1) is 0 Å². The standard InChI is InChI=1S/C11H19N5O/c1-9-14-3-5-15(9)6-7-16-4-2-13-8-10(16)11(12)17/h3,5,10,13H,2,4,6-8H2,1H3,(H2,12,17). The molecule has 1 aromatic rings. The van der Waals surface area contributed by atoms with Gasteiger partial charge in [-0.3, -0.25) is 9.69 Å². The highest BCUT2D eigenvalue weighted by Crippen LogP contribution is 2.04. The molecule has 94 valence electrons. The number of nitrogens with zero attached hydrogens (tertiary/aromatic N) is 3. The normalized spacial score (nSPS) is 21.6. The molecule has 0 aromatic carbocycles. The first-order chi connectivity index (χ1) is 8.18. The second-order valence-electron chi connectivity index (χ2n) is 4.33. The molecule has 0 saturated carbocycles. The SMILES string of the molecule is Cc1nccn1CCN1CCNCC1C(N)=O. The first-order valence-corrected chi connectivity index (χ1v) is 5.90. The Kier molecular flexibility index (Phi) is 3.75. The Labute approximate surface area is 101 Å². The van der Waals surface area contributed by atoms with Crippen LogP contribution in [0.25, 0.3) is 0 Å². The molecule has 17 heavy (non-hydrogen) atoms. The Balaban J connectivity index is 1.92. The summed E-state index contributed by atoms with van der Waals surface area (Å²) >= 11 is 0. The summed E-state index contributed by atoms with van der Waals surface area (Å²) in [4.78, 5) is 17.6. The third-order valence-corrected chi connectivity index (χ3v) is 3.23. The number of aromatic nitrogens is 2. The van der Waals surface area contributed by atoms with Gasteiger partial charge in [0.25, 0.3) is 0 Å². The fourth-order valence-electron chi connectivity index (χ4n) is 2.17. The molecule has 0 spiro atoms. The number of piperazine rings is 1. The van der Waals surface area contributed by atoms with Gasteiger partial charge in [-0.05, 0) is 6.92 Å². The quantitative estimate of drug-likeness (QED) is 0.700. The number of rotatable bonds is 4. The largest absolute Gasteiger partial charge is 0.368 e. The topological polar surface area (TPSA) is 76.2 Å². The van der Waals surface area contributed by atoms with Gasteiger partial charge in [0.2, 0.25) is 5.91 Å². The van der Waals surface area contributed by atoms with Crippen LogP contribution in [0.2, 0.25) is 0 Å². The van der Waals surface area contributed by atoms with E-state index in [1.165, 1.54) is 0 Å². The van der Waals surface area contributed by atoms with Gasteiger partial charge in [-0.2, -0.15) is 0 Å². The van der Waals surface area contributed by atoms with Crippen LogP contribution < -0.4 is 11.1 Å². The maximum atomic E-state index is 11.3. The summed E-state index contributed by atoms with van der Waals surface area (Å²) in [5, 5.41) is 3.19. The lowest BCUT2D eigenvalue weighted by molar-refractivity contribution is -0.123. The molecule has 0 radical (unpaired) electrons. The fourth-order valence-corrected chi connectivity index (χ4v) is 2.17. The van der Waals surface area contributed by atoms with Gasteiger partial charge in [0.1, 0.15) is 11.9 Å². The van der Waals surface area contributed by atoms with Crippen molar-refractivity contribution in [1.82, 2.24) is 19.8 Å². The number of hydrogen-bond acceptors (Lipinski definition) is 4. The first kappa shape index (κ1) is 12.1. The number of nitrogens with one attached hydrogen (secondary N) is 1. The van der Waals surface area contributed by atoms with Gasteiger partial charge in [0, 0.05) is 45.1 Å². The number of imidazole rings is 1. The van der Waals surface area contributed by atoms with Crippen LogP contribution in [-0.2, 0) is 11.3 Å². The van der Waals surface area contributed by atoms with Crippen molar-refractivity contribution in [2.45, 2.75) is 19.5 Å². The minimum absolute atomic E-state index is 0.187. The molecule has 2 rings (SSSR count). The van der Waals surface area contributed by atoms with Crippen molar-refractivity contribution < 1.29 is 4.79 Å². The van der Waals surface area contributed by atoms with Crippen LogP contribution in [0.15, 0.2) is 12.4 Å². The van der Waals surface area contributed by atoms with Crippen LogP contribution in [-0.4, -0.2) is 52.6 Å². The number of carbonyl (C=O) groups excluding carboxylic acids is 1. The molecular weight excluding hydrogens is 218 g/mol. The molecule has 1 saturated heterocycles. The van der Waals surface area contributed by atoms with Crippen LogP contribution in [0.5, 0.6) is 0 Å². The summed E-state index contributed by atoms with van der Waals surface area (Å²) in [5.74, 6) is 0.746. The predicted octanol–water partition coefficient (Wildman–Crippen LogP) is -1.05. The number of carbonyl (C=O) groups is 1. The second-order valence-corrected chi connectivity index (χ2v) is 4.33. The summed E-state index contributed by atoms with van der Waals surface area (Å²) in [7, 11) is 0. The van der Waals surface area contributed by atoms with Gasteiger partial charge in [-0.15, -0.1) is 0 Å². The van der Waals surface area contributed by atoms with Gasteiger partial charge >= 0.3 is 0 Å². The highest BCUT2D eigenvalue weighted by Gasteiger charge is 2.26. The molecule has 1 aromatic heterocycles. The van der Waals surface area contributed by atoms with Crippen molar-refractivity contribution in [1.29, 1.82) is 0 Å². The maximum Gasteiger partial charge on any atom is 0.236 e. The van der Waals surface area contributed by atoms with E-state index in [4.69, 9.17) is 5.73 Å². The number of primary amides is 1. The lowest BCUT2D eigenvalue weighted by atomic mass is 10.2. The minimum atomic E-state index is -0.250. The molecule has 1 atom stereocenters. The highest BCUT2D eigenvalue weighted by atomic mass is 16.1. The minimum Gasteiger partial charge on any atom is -0.368 e. The Morgan fingerprint density at radius 3 is 3.12 bits per heavy atom. The zero-order valence-electron chi connectivity index (χ0n) is 10.1. The monoisotopic (exact) mass is 237 g/mol. The van der Waals surface area contributed by atoms with Crippen molar-refractivity contribution in [3.05, 3.63) is 18.2 Å². The molecule has 6 nitrogen and oxygen atoms in total. The summed E-state index contributed by atoms with van der Waals surface area (Å²) in [6, 6.07) is -0.187. The molecule has 1 amide bonds. The van der Waals surface area contributed by atoms with E-state index < -0.39 is 0 Å². The van der Waals surface area contributed by atoms with Crippen molar-refractivity contribution >= 4 is 5.91 Å². The van der Waals surface area contributed by atoms with E-state index in [2.05, 4.69) is 19.8 Å². The third-order valence-electron chi connectivity index (χ3n) is 3.23. The highest BCUT2D eigenvalue weighted by molar-refractivity contribution is 5.80. The molecule has 3 N–H and O–H groups in total. The number of nitrogens with two attached hydrogens (primary N) is 1. The summed E-state index contributed by atoms with van der Waals surface area (Å²) in [6.45, 7) is 6.07. The molecule has 1 aliphatic rings. The van der Waals surface area contributed by atoms with Gasteiger partial charge in [-0.25, -0.2) is 4.98 Å². The third kappa shape index (κ3) is 2.83. The van der Waals surface area contributed by atoms with E-state index in [0.717, 1.165) is 32.0 Å². The zero-order chi connectivity index (χ0) is 12.3. The Bertz CT molecular complexity index is 389. The summed E-state index contributed by atoms with van der Waals surface area (Å²) in [5.41, 5.74) is 5.40. The fraction of sp³-hybridized carbons (Fsp3) is 0.636. The lowest BCUT2D eigenvalue weighted by Gasteiger charge is -2.34. The van der Waals surface area contributed by atoms with E-state index in [-0.39, 0.29) is 11.9 Å². The van der Waals surface area contributed by atoms with E-state index >= 15 is 0 Å². The van der Waals surface area contributed by atoms with Crippen molar-refractivity contribution in [2.75, 3.05) is 26.2 Å². The predicted molar refractivity (Wildman–Crippen MR) is 64.4 cm³/mol. The molecule has 0 aliphatic carbocycles. The van der Waals surface area contributed by atoms with E-state index in [9.17, 15) is 4.79 Å². The van der Waals surface area contributed by atoms with Crippen LogP contribution in [0.1, 0.15) is 5.82 Å². The molecule has 1 aliphatic heterocycles. The smallest absolute Gasteiger partial charge is 0.236 e. The Morgan fingerprint density at radius 2 is 2.47 bits per heavy atom. The number of amides is 1. The van der Waals surface area contributed by atoms with E-state index in [1.807, 2.05) is 13.1 Å². The molecule has 6 heteroatoms. The van der Waals surface area contributed by atoms with Crippen LogP contribution in [0.4, 0.5) is 0 Å². The number of hydrogen-bond donors (Lipinski definition) is 2. The molecular formula is C11H19N5O. The van der Waals surface area contributed by atoms with Crippen LogP contribution >= 0.6 is 0 Å². The summed E-state index contributed by atoms with van der Waals surface area (Å²) < 4.78 is 2.08. The van der Waals surface area contributed by atoms with Crippen molar-refractivity contribution in [2.24, 2.45) is 5.73 Å². The zero-order valence-corrected chi connectivity index (χ0v) is 10.1. The summed E-state index contributed by atoms with van der Waals surface area (Å²) in [6.07, 6.45) is 3.75. The maximum absolute atomic E-state index is 11.3.